The first-order valence-electron chi connectivity index (χ1n) is 10.8. The number of aromatic nitrogens is 2. The molecule has 0 N–H and O–H groups in total. The van der Waals surface area contributed by atoms with E-state index in [1.54, 1.807) is 12.1 Å². The van der Waals surface area contributed by atoms with Gasteiger partial charge in [0.2, 0.25) is 17.6 Å². The van der Waals surface area contributed by atoms with E-state index in [-0.39, 0.29) is 17.6 Å². The molecule has 1 aromatic heterocycles. The number of carbonyl (C=O) groups excluding carboxylic acids is 1. The molecule has 1 saturated heterocycles. The molecule has 3 aromatic rings. The van der Waals surface area contributed by atoms with E-state index < -0.39 is 4.92 Å². The molecule has 1 unspecified atom stereocenters. The number of nitro benzene ring substituents is 1. The maximum absolute atomic E-state index is 13.3. The van der Waals surface area contributed by atoms with Crippen molar-refractivity contribution in [1.82, 2.24) is 19.9 Å². The summed E-state index contributed by atoms with van der Waals surface area (Å²) in [4.78, 5) is 32.4. The Morgan fingerprint density at radius 1 is 1.12 bits per heavy atom. The van der Waals surface area contributed by atoms with Crippen molar-refractivity contribution in [2.45, 2.75) is 38.4 Å². The van der Waals surface area contributed by atoms with Gasteiger partial charge in [0, 0.05) is 37.3 Å². The maximum atomic E-state index is 13.3. The number of hydrogen-bond donors (Lipinski definition) is 0. The van der Waals surface area contributed by atoms with Gasteiger partial charge >= 0.3 is 0 Å². The molecule has 2 aromatic carbocycles. The van der Waals surface area contributed by atoms with Crippen LogP contribution in [0.3, 0.4) is 0 Å². The lowest BCUT2D eigenvalue weighted by atomic mass is 9.93. The van der Waals surface area contributed by atoms with E-state index in [0.717, 1.165) is 25.9 Å². The second-order valence-corrected chi connectivity index (χ2v) is 8.25. The Labute approximate surface area is 184 Å². The minimum atomic E-state index is -0.454. The Morgan fingerprint density at radius 2 is 1.91 bits per heavy atom. The summed E-state index contributed by atoms with van der Waals surface area (Å²) in [7, 11) is 0. The van der Waals surface area contributed by atoms with Crippen molar-refractivity contribution in [3.8, 4) is 11.4 Å². The van der Waals surface area contributed by atoms with Gasteiger partial charge in [-0.25, -0.2) is 0 Å². The van der Waals surface area contributed by atoms with Crippen LogP contribution in [0.5, 0.6) is 0 Å². The van der Waals surface area contributed by atoms with E-state index in [1.165, 1.54) is 23.3 Å². The first-order valence-corrected chi connectivity index (χ1v) is 10.8. The van der Waals surface area contributed by atoms with Gasteiger partial charge in [0.15, 0.2) is 0 Å². The molecule has 0 bridgehead atoms. The zero-order valence-corrected chi connectivity index (χ0v) is 17.5. The van der Waals surface area contributed by atoms with Crippen molar-refractivity contribution >= 4 is 11.6 Å². The van der Waals surface area contributed by atoms with Gasteiger partial charge in [0.1, 0.15) is 0 Å². The smallest absolute Gasteiger partial charge is 0.270 e. The lowest BCUT2D eigenvalue weighted by Gasteiger charge is -2.37. The monoisotopic (exact) mass is 433 g/mol. The molecule has 2 aliphatic rings. The number of carbonyl (C=O) groups is 1. The fourth-order valence-corrected chi connectivity index (χ4v) is 4.50. The topological polar surface area (TPSA) is 106 Å². The van der Waals surface area contributed by atoms with Gasteiger partial charge < -0.3 is 9.42 Å². The molecule has 0 aliphatic carbocycles. The maximum Gasteiger partial charge on any atom is 0.270 e. The van der Waals surface area contributed by atoms with Crippen LogP contribution in [0, 0.1) is 10.1 Å². The molecular formula is C23H23N5O4. The Bertz CT molecular complexity index is 1150. The highest BCUT2D eigenvalue weighted by Gasteiger charge is 2.35. The van der Waals surface area contributed by atoms with E-state index in [1.807, 2.05) is 17.0 Å². The highest BCUT2D eigenvalue weighted by molar-refractivity contribution is 5.83. The van der Waals surface area contributed by atoms with E-state index >= 15 is 0 Å². The minimum absolute atomic E-state index is 0.0299. The summed E-state index contributed by atoms with van der Waals surface area (Å²) >= 11 is 0. The lowest BCUT2D eigenvalue weighted by molar-refractivity contribution is -0.384. The number of fused-ring (bicyclic) bond motifs is 1. The molecule has 5 rings (SSSR count). The van der Waals surface area contributed by atoms with Crippen LogP contribution in [-0.2, 0) is 24.3 Å². The zero-order chi connectivity index (χ0) is 22.1. The molecule has 2 aliphatic heterocycles. The Kier molecular flexibility index (Phi) is 5.40. The fourth-order valence-electron chi connectivity index (χ4n) is 4.50. The first kappa shape index (κ1) is 20.3. The van der Waals surface area contributed by atoms with Crippen molar-refractivity contribution in [3.05, 3.63) is 75.7 Å². The molecule has 0 spiro atoms. The van der Waals surface area contributed by atoms with E-state index in [4.69, 9.17) is 4.52 Å². The van der Waals surface area contributed by atoms with Gasteiger partial charge in [-0.3, -0.25) is 19.8 Å². The number of non-ortho nitro benzene ring substituents is 1. The Hall–Kier alpha value is -3.59. The van der Waals surface area contributed by atoms with Gasteiger partial charge in [0.25, 0.3) is 5.69 Å². The Balaban J connectivity index is 1.39. The summed E-state index contributed by atoms with van der Waals surface area (Å²) in [5, 5.41) is 15.1. The van der Waals surface area contributed by atoms with Gasteiger partial charge in [-0.05, 0) is 30.4 Å². The highest BCUT2D eigenvalue weighted by atomic mass is 16.6. The van der Waals surface area contributed by atoms with Crippen molar-refractivity contribution in [2.24, 2.45) is 0 Å². The summed E-state index contributed by atoms with van der Waals surface area (Å²) in [5.74, 6) is 0.823. The second-order valence-electron chi connectivity index (χ2n) is 8.25. The average Bonchev–Trinajstić information content (AvgIpc) is 3.51. The molecule has 0 saturated carbocycles. The molecule has 1 fully saturated rings. The van der Waals surface area contributed by atoms with Crippen molar-refractivity contribution in [2.75, 3.05) is 13.1 Å². The summed E-state index contributed by atoms with van der Waals surface area (Å²) in [6.07, 6.45) is 2.74. The van der Waals surface area contributed by atoms with Crippen LogP contribution in [-0.4, -0.2) is 49.9 Å². The number of benzene rings is 2. The zero-order valence-electron chi connectivity index (χ0n) is 17.5. The molecule has 164 valence electrons. The number of nitro groups is 1. The van der Waals surface area contributed by atoms with Gasteiger partial charge in [-0.2, -0.15) is 4.98 Å². The van der Waals surface area contributed by atoms with Crippen LogP contribution < -0.4 is 0 Å². The van der Waals surface area contributed by atoms with Gasteiger partial charge in [0.05, 0.1) is 17.5 Å². The number of amides is 1. The normalized spacial score (nSPS) is 18.5. The number of hydrogen-bond acceptors (Lipinski definition) is 7. The number of likely N-dealkylation sites (tertiary alicyclic amines) is 1. The largest absolute Gasteiger partial charge is 0.341 e. The molecule has 9 heteroatoms. The third-order valence-corrected chi connectivity index (χ3v) is 6.17. The summed E-state index contributed by atoms with van der Waals surface area (Å²) < 4.78 is 5.47. The van der Waals surface area contributed by atoms with Crippen LogP contribution in [0.15, 0.2) is 53.1 Å². The molecule has 1 amide bonds. The predicted octanol–water partition coefficient (Wildman–Crippen LogP) is 3.19. The highest BCUT2D eigenvalue weighted by Crippen LogP contribution is 2.28. The van der Waals surface area contributed by atoms with Crippen LogP contribution in [0.4, 0.5) is 5.69 Å². The van der Waals surface area contributed by atoms with Crippen LogP contribution in [0.1, 0.15) is 29.9 Å². The van der Waals surface area contributed by atoms with Crippen molar-refractivity contribution in [3.63, 3.8) is 0 Å². The van der Waals surface area contributed by atoms with E-state index in [2.05, 4.69) is 27.2 Å². The second kappa shape index (κ2) is 8.51. The summed E-state index contributed by atoms with van der Waals surface area (Å²) in [6.45, 7) is 2.57. The molecule has 1 atom stereocenters. The molecule has 9 nitrogen and oxygen atoms in total. The van der Waals surface area contributed by atoms with Crippen LogP contribution in [0.2, 0.25) is 0 Å². The van der Waals surface area contributed by atoms with Crippen LogP contribution >= 0.6 is 0 Å². The number of rotatable bonds is 5. The molecule has 32 heavy (non-hydrogen) atoms. The summed E-state index contributed by atoms with van der Waals surface area (Å²) in [5.41, 5.74) is 2.88. The SMILES string of the molecule is O=C(C1Cc2ccccc2CN1Cc1nc(-c2cccc([N+](=O)[O-])c2)no1)N1CCCC1. The molecule has 0 radical (unpaired) electrons. The molecular weight excluding hydrogens is 410 g/mol. The quantitative estimate of drug-likeness (QED) is 0.449. The average molecular weight is 433 g/mol. The van der Waals surface area contributed by atoms with E-state index in [0.29, 0.717) is 36.8 Å². The Morgan fingerprint density at radius 3 is 2.69 bits per heavy atom. The predicted molar refractivity (Wildman–Crippen MR) is 115 cm³/mol. The third-order valence-electron chi connectivity index (χ3n) is 6.17. The summed E-state index contributed by atoms with van der Waals surface area (Å²) in [6, 6.07) is 14.0. The van der Waals surface area contributed by atoms with Crippen molar-refractivity contribution in [1.29, 1.82) is 0 Å². The molecule has 3 heterocycles. The number of nitrogens with zero attached hydrogens (tertiary/aromatic N) is 5. The van der Waals surface area contributed by atoms with Gasteiger partial charge in [-0.15, -0.1) is 0 Å². The standard InChI is InChI=1S/C23H23N5O4/c29-23(26-10-3-4-11-26)20-13-16-6-1-2-7-18(16)14-27(20)15-21-24-22(25-32-21)17-8-5-9-19(12-17)28(30)31/h1-2,5-9,12,20H,3-4,10-11,13-15H2. The van der Waals surface area contributed by atoms with Crippen LogP contribution in [0.25, 0.3) is 11.4 Å². The van der Waals surface area contributed by atoms with E-state index in [9.17, 15) is 14.9 Å². The fraction of sp³-hybridized carbons (Fsp3) is 0.348. The first-order chi connectivity index (χ1) is 15.6. The lowest BCUT2D eigenvalue weighted by Crippen LogP contribution is -2.50. The third kappa shape index (κ3) is 3.99. The van der Waals surface area contributed by atoms with Gasteiger partial charge in [-0.1, -0.05) is 41.6 Å². The minimum Gasteiger partial charge on any atom is -0.341 e. The van der Waals surface area contributed by atoms with Crippen molar-refractivity contribution < 1.29 is 14.2 Å².